The Balaban J connectivity index is 1.19. The summed E-state index contributed by atoms with van der Waals surface area (Å²) < 4.78 is 26.9. The summed E-state index contributed by atoms with van der Waals surface area (Å²) in [6, 6.07) is 17.6. The van der Waals surface area contributed by atoms with E-state index in [0.717, 1.165) is 29.9 Å². The Morgan fingerprint density at radius 3 is 2.03 bits per heavy atom. The van der Waals surface area contributed by atoms with E-state index < -0.39 is 10.0 Å². The Labute approximate surface area is 210 Å². The van der Waals surface area contributed by atoms with Gasteiger partial charge in [0.2, 0.25) is 10.0 Å². The van der Waals surface area contributed by atoms with Gasteiger partial charge in [0.15, 0.2) is 5.82 Å². The third-order valence-electron chi connectivity index (χ3n) is 6.49. The maximum absolute atomic E-state index is 13.0. The molecule has 0 bridgehead atoms. The average Bonchev–Trinajstić information content (AvgIpc) is 3.45. The zero-order valence-electron chi connectivity index (χ0n) is 19.2. The molecular formula is C25H26ClN5O3S. The molecule has 3 heterocycles. The highest BCUT2D eigenvalue weighted by atomic mass is 35.5. The Bertz CT molecular complexity index is 1280. The molecular weight excluding hydrogens is 486 g/mol. The molecule has 2 aromatic carbocycles. The topological polar surface area (TPSA) is 86.7 Å². The van der Waals surface area contributed by atoms with Crippen molar-refractivity contribution in [3.8, 4) is 11.3 Å². The maximum atomic E-state index is 13.0. The Morgan fingerprint density at radius 1 is 0.771 bits per heavy atom. The lowest BCUT2D eigenvalue weighted by Gasteiger charge is -2.35. The van der Waals surface area contributed by atoms with E-state index in [1.54, 1.807) is 17.0 Å². The summed E-state index contributed by atoms with van der Waals surface area (Å²) in [6.45, 7) is 3.49. The number of hydrogen-bond acceptors (Lipinski definition) is 6. The number of rotatable bonds is 5. The number of anilines is 1. The third-order valence-corrected chi connectivity index (χ3v) is 8.65. The minimum Gasteiger partial charge on any atom is -0.352 e. The summed E-state index contributed by atoms with van der Waals surface area (Å²) in [5.74, 6) is 0.672. The first kappa shape index (κ1) is 23.7. The van der Waals surface area contributed by atoms with Gasteiger partial charge in [0, 0.05) is 55.4 Å². The second-order valence-corrected chi connectivity index (χ2v) is 11.1. The average molecular weight is 512 g/mol. The maximum Gasteiger partial charge on any atom is 0.253 e. The van der Waals surface area contributed by atoms with Crippen LogP contribution in [0.1, 0.15) is 23.2 Å². The van der Waals surface area contributed by atoms with Crippen molar-refractivity contribution in [3.63, 3.8) is 0 Å². The van der Waals surface area contributed by atoms with Crippen molar-refractivity contribution < 1.29 is 13.2 Å². The highest BCUT2D eigenvalue weighted by Crippen LogP contribution is 2.23. The smallest absolute Gasteiger partial charge is 0.253 e. The Hall–Kier alpha value is -3.01. The number of sulfonamides is 1. The molecule has 10 heteroatoms. The first-order chi connectivity index (χ1) is 16.9. The highest BCUT2D eigenvalue weighted by molar-refractivity contribution is 7.89. The zero-order valence-corrected chi connectivity index (χ0v) is 20.7. The lowest BCUT2D eigenvalue weighted by molar-refractivity contribution is 0.0746. The number of aromatic nitrogens is 2. The summed E-state index contributed by atoms with van der Waals surface area (Å²) >= 11 is 5.95. The summed E-state index contributed by atoms with van der Waals surface area (Å²) in [5, 5.41) is 9.39. The summed E-state index contributed by atoms with van der Waals surface area (Å²) in [4.78, 5) is 17.1. The van der Waals surface area contributed by atoms with Crippen LogP contribution in [-0.4, -0.2) is 73.0 Å². The molecule has 182 valence electrons. The van der Waals surface area contributed by atoms with Gasteiger partial charge in [-0.25, -0.2) is 8.42 Å². The number of amides is 1. The van der Waals surface area contributed by atoms with Gasteiger partial charge in [0.1, 0.15) is 0 Å². The summed E-state index contributed by atoms with van der Waals surface area (Å²) in [5.41, 5.74) is 2.21. The van der Waals surface area contributed by atoms with Gasteiger partial charge in [-0.2, -0.15) is 4.31 Å². The molecule has 1 amide bonds. The first-order valence-electron chi connectivity index (χ1n) is 11.7. The molecule has 2 aliphatic heterocycles. The molecule has 0 spiro atoms. The van der Waals surface area contributed by atoms with E-state index in [9.17, 15) is 13.2 Å². The van der Waals surface area contributed by atoms with Crippen LogP contribution in [-0.2, 0) is 10.0 Å². The zero-order chi connectivity index (χ0) is 24.4. The Morgan fingerprint density at radius 2 is 1.43 bits per heavy atom. The molecule has 35 heavy (non-hydrogen) atoms. The molecule has 5 rings (SSSR count). The van der Waals surface area contributed by atoms with Gasteiger partial charge < -0.3 is 9.80 Å². The van der Waals surface area contributed by atoms with Crippen LogP contribution in [0.5, 0.6) is 0 Å². The minimum atomic E-state index is -3.48. The molecule has 0 N–H and O–H groups in total. The first-order valence-corrected chi connectivity index (χ1v) is 13.5. The Kier molecular flexibility index (Phi) is 6.73. The summed E-state index contributed by atoms with van der Waals surface area (Å²) in [6.07, 6.45) is 1.78. The van der Waals surface area contributed by atoms with Gasteiger partial charge >= 0.3 is 0 Å². The SMILES string of the molecule is O=C(c1ccc(S(=O)(=O)N2CCCC2)cc1)N1CCN(c2ccc(-c3ccc(Cl)cc3)nn2)CC1. The van der Waals surface area contributed by atoms with Crippen molar-refractivity contribution in [2.75, 3.05) is 44.2 Å². The fraction of sp³-hybridized carbons (Fsp3) is 0.320. The fourth-order valence-corrected chi connectivity index (χ4v) is 6.08. The van der Waals surface area contributed by atoms with Gasteiger partial charge in [-0.05, 0) is 61.4 Å². The molecule has 8 nitrogen and oxygen atoms in total. The number of carbonyl (C=O) groups excluding carboxylic acids is 1. The van der Waals surface area contributed by atoms with E-state index in [0.29, 0.717) is 49.9 Å². The number of piperazine rings is 1. The molecule has 0 unspecified atom stereocenters. The van der Waals surface area contributed by atoms with Gasteiger partial charge in [-0.1, -0.05) is 23.7 Å². The van der Waals surface area contributed by atoms with Crippen LogP contribution in [0, 0.1) is 0 Å². The van der Waals surface area contributed by atoms with Crippen LogP contribution < -0.4 is 4.90 Å². The molecule has 0 saturated carbocycles. The number of hydrogen-bond donors (Lipinski definition) is 0. The predicted molar refractivity (Wildman–Crippen MR) is 135 cm³/mol. The van der Waals surface area contributed by atoms with Crippen molar-refractivity contribution in [2.24, 2.45) is 0 Å². The van der Waals surface area contributed by atoms with Crippen LogP contribution in [0.2, 0.25) is 5.02 Å². The van der Waals surface area contributed by atoms with E-state index in [-0.39, 0.29) is 10.8 Å². The molecule has 0 radical (unpaired) electrons. The second kappa shape index (κ2) is 9.93. The van der Waals surface area contributed by atoms with Gasteiger partial charge in [-0.3, -0.25) is 4.79 Å². The van der Waals surface area contributed by atoms with Crippen molar-refractivity contribution in [3.05, 3.63) is 71.2 Å². The second-order valence-electron chi connectivity index (χ2n) is 8.70. The molecule has 2 saturated heterocycles. The van der Waals surface area contributed by atoms with Crippen LogP contribution in [0.25, 0.3) is 11.3 Å². The van der Waals surface area contributed by atoms with Crippen LogP contribution in [0.3, 0.4) is 0 Å². The van der Waals surface area contributed by atoms with Crippen molar-refractivity contribution in [1.29, 1.82) is 0 Å². The number of halogens is 1. The van der Waals surface area contributed by atoms with Crippen molar-refractivity contribution in [2.45, 2.75) is 17.7 Å². The molecule has 3 aromatic rings. The molecule has 0 aliphatic carbocycles. The van der Waals surface area contributed by atoms with Crippen LogP contribution in [0.15, 0.2) is 65.6 Å². The normalized spacial score (nSPS) is 17.1. The largest absolute Gasteiger partial charge is 0.352 e. The number of nitrogens with zero attached hydrogens (tertiary/aromatic N) is 5. The van der Waals surface area contributed by atoms with Crippen LogP contribution >= 0.6 is 11.6 Å². The van der Waals surface area contributed by atoms with Crippen molar-refractivity contribution in [1.82, 2.24) is 19.4 Å². The standard InChI is InChI=1S/C25H26ClN5O3S/c26-21-7-3-19(4-8-21)23-11-12-24(28-27-23)29-15-17-30(18-16-29)25(32)20-5-9-22(10-6-20)35(33,34)31-13-1-2-14-31/h3-12H,1-2,13-18H2. The highest BCUT2D eigenvalue weighted by Gasteiger charge is 2.28. The van der Waals surface area contributed by atoms with Crippen LogP contribution in [0.4, 0.5) is 5.82 Å². The monoisotopic (exact) mass is 511 g/mol. The van der Waals surface area contributed by atoms with Gasteiger partial charge in [0.25, 0.3) is 5.91 Å². The lowest BCUT2D eigenvalue weighted by Crippen LogP contribution is -2.49. The van der Waals surface area contributed by atoms with E-state index in [1.807, 2.05) is 36.4 Å². The molecule has 0 atom stereocenters. The van der Waals surface area contributed by atoms with Gasteiger partial charge in [0.05, 0.1) is 10.6 Å². The fourth-order valence-electron chi connectivity index (χ4n) is 4.44. The predicted octanol–water partition coefficient (Wildman–Crippen LogP) is 3.54. The quantitative estimate of drug-likeness (QED) is 0.520. The molecule has 2 fully saturated rings. The number of carbonyl (C=O) groups is 1. The van der Waals surface area contributed by atoms with E-state index in [2.05, 4.69) is 15.1 Å². The van der Waals surface area contributed by atoms with Crippen molar-refractivity contribution >= 4 is 33.3 Å². The summed E-state index contributed by atoms with van der Waals surface area (Å²) in [7, 11) is -3.48. The van der Waals surface area contributed by atoms with E-state index in [4.69, 9.17) is 11.6 Å². The lowest BCUT2D eigenvalue weighted by atomic mass is 10.1. The van der Waals surface area contributed by atoms with E-state index in [1.165, 1.54) is 16.4 Å². The third kappa shape index (κ3) is 5.03. The minimum absolute atomic E-state index is 0.0982. The molecule has 1 aromatic heterocycles. The number of benzene rings is 2. The molecule has 2 aliphatic rings. The van der Waals surface area contributed by atoms with Gasteiger partial charge in [-0.15, -0.1) is 10.2 Å². The van der Waals surface area contributed by atoms with E-state index >= 15 is 0 Å².